The van der Waals surface area contributed by atoms with Gasteiger partial charge in [0.05, 0.1) is 17.8 Å². The molecular weight excluding hydrogens is 294 g/mol. The Labute approximate surface area is 133 Å². The number of aliphatic hydroxyl groups excluding tert-OH is 1. The van der Waals surface area contributed by atoms with Gasteiger partial charge in [-0.05, 0) is 19.8 Å². The summed E-state index contributed by atoms with van der Waals surface area (Å²) in [6.07, 6.45) is 2.24. The SMILES string of the molecule is Cc1sc(C2=C(O)CN(C3CC3)C2=N)nc1-c1ccccc1. The summed E-state index contributed by atoms with van der Waals surface area (Å²) < 4.78 is 0. The summed E-state index contributed by atoms with van der Waals surface area (Å²) in [5.41, 5.74) is 2.63. The van der Waals surface area contributed by atoms with E-state index in [4.69, 9.17) is 10.4 Å². The molecule has 1 aromatic heterocycles. The number of amidine groups is 1. The molecule has 0 spiro atoms. The second-order valence-corrected chi connectivity index (χ2v) is 7.02. The average molecular weight is 311 g/mol. The summed E-state index contributed by atoms with van der Waals surface area (Å²) in [6, 6.07) is 10.5. The van der Waals surface area contributed by atoms with E-state index in [-0.39, 0.29) is 5.76 Å². The van der Waals surface area contributed by atoms with Crippen LogP contribution < -0.4 is 0 Å². The number of nitrogens with zero attached hydrogens (tertiary/aromatic N) is 2. The normalized spacial score (nSPS) is 18.4. The molecule has 1 aliphatic carbocycles. The van der Waals surface area contributed by atoms with Gasteiger partial charge in [0.2, 0.25) is 0 Å². The van der Waals surface area contributed by atoms with Crippen LogP contribution in [0.15, 0.2) is 36.1 Å². The molecule has 0 unspecified atom stereocenters. The quantitative estimate of drug-likeness (QED) is 0.905. The number of nitrogens with one attached hydrogen (secondary N) is 1. The molecule has 1 aliphatic heterocycles. The van der Waals surface area contributed by atoms with Crippen LogP contribution in [0.2, 0.25) is 0 Å². The maximum Gasteiger partial charge on any atom is 0.135 e. The zero-order valence-corrected chi connectivity index (χ0v) is 13.2. The van der Waals surface area contributed by atoms with Gasteiger partial charge in [0.25, 0.3) is 0 Å². The Balaban J connectivity index is 1.72. The molecular formula is C17H17N3OS. The van der Waals surface area contributed by atoms with E-state index in [0.29, 0.717) is 24.0 Å². The molecule has 0 bridgehead atoms. The lowest BCUT2D eigenvalue weighted by atomic mass is 10.1. The van der Waals surface area contributed by atoms with Crippen molar-refractivity contribution in [3.8, 4) is 11.3 Å². The van der Waals surface area contributed by atoms with Crippen molar-refractivity contribution in [3.05, 3.63) is 46.0 Å². The Morgan fingerprint density at radius 2 is 2.00 bits per heavy atom. The van der Waals surface area contributed by atoms with Crippen molar-refractivity contribution in [2.75, 3.05) is 6.54 Å². The molecule has 0 atom stereocenters. The van der Waals surface area contributed by atoms with E-state index < -0.39 is 0 Å². The highest BCUT2D eigenvalue weighted by Gasteiger charge is 2.39. The maximum atomic E-state index is 10.3. The maximum absolute atomic E-state index is 10.3. The standard InChI is InChI=1S/C17H17N3OS/c1-10-15(11-5-3-2-4-6-11)19-17(22-10)14-13(21)9-20(16(14)18)12-7-8-12/h2-6,12,18,21H,7-9H2,1H3. The van der Waals surface area contributed by atoms with E-state index in [9.17, 15) is 5.11 Å². The number of rotatable bonds is 3. The Bertz CT molecular complexity index is 774. The van der Waals surface area contributed by atoms with Crippen molar-refractivity contribution >= 4 is 22.7 Å². The van der Waals surface area contributed by atoms with Crippen LogP contribution in [0.5, 0.6) is 0 Å². The summed E-state index contributed by atoms with van der Waals surface area (Å²) in [7, 11) is 0. The minimum absolute atomic E-state index is 0.283. The van der Waals surface area contributed by atoms with Gasteiger partial charge in [0.15, 0.2) is 0 Å². The van der Waals surface area contributed by atoms with E-state index in [1.54, 1.807) is 11.3 Å². The lowest BCUT2D eigenvalue weighted by molar-refractivity contribution is 0.345. The molecule has 2 N–H and O–H groups in total. The lowest BCUT2D eigenvalue weighted by Crippen LogP contribution is -2.28. The van der Waals surface area contributed by atoms with Crippen LogP contribution in [-0.2, 0) is 0 Å². The Kier molecular flexibility index (Phi) is 3.04. The van der Waals surface area contributed by atoms with E-state index >= 15 is 0 Å². The van der Waals surface area contributed by atoms with Crippen molar-refractivity contribution in [1.82, 2.24) is 9.88 Å². The first kappa shape index (κ1) is 13.5. The van der Waals surface area contributed by atoms with Crippen LogP contribution in [0.25, 0.3) is 16.8 Å². The summed E-state index contributed by atoms with van der Waals surface area (Å²) in [5.74, 6) is 0.707. The summed E-state index contributed by atoms with van der Waals surface area (Å²) in [4.78, 5) is 7.81. The summed E-state index contributed by atoms with van der Waals surface area (Å²) in [5, 5.41) is 19.4. The fourth-order valence-electron chi connectivity index (χ4n) is 2.89. The smallest absolute Gasteiger partial charge is 0.135 e. The summed E-state index contributed by atoms with van der Waals surface area (Å²) >= 11 is 1.55. The monoisotopic (exact) mass is 311 g/mol. The van der Waals surface area contributed by atoms with Gasteiger partial charge in [-0.1, -0.05) is 30.3 Å². The van der Waals surface area contributed by atoms with Gasteiger partial charge >= 0.3 is 0 Å². The van der Waals surface area contributed by atoms with Gasteiger partial charge in [-0.25, -0.2) is 4.98 Å². The zero-order valence-electron chi connectivity index (χ0n) is 12.3. The Hall–Kier alpha value is -2.14. The van der Waals surface area contributed by atoms with Crippen molar-refractivity contribution in [2.45, 2.75) is 25.8 Å². The molecule has 1 fully saturated rings. The number of hydrogen-bond acceptors (Lipinski definition) is 4. The molecule has 1 saturated carbocycles. The largest absolute Gasteiger partial charge is 0.510 e. The Morgan fingerprint density at radius 3 is 2.68 bits per heavy atom. The topological polar surface area (TPSA) is 60.2 Å². The van der Waals surface area contributed by atoms with Crippen LogP contribution in [0.1, 0.15) is 22.7 Å². The van der Waals surface area contributed by atoms with Gasteiger partial charge in [-0.2, -0.15) is 0 Å². The Morgan fingerprint density at radius 1 is 1.27 bits per heavy atom. The third-order valence-electron chi connectivity index (χ3n) is 4.18. The molecule has 4 rings (SSSR count). The number of aryl methyl sites for hydroxylation is 1. The van der Waals surface area contributed by atoms with Crippen molar-refractivity contribution in [3.63, 3.8) is 0 Å². The van der Waals surface area contributed by atoms with E-state index in [0.717, 1.165) is 34.0 Å². The number of aromatic nitrogens is 1. The second kappa shape index (κ2) is 4.95. The van der Waals surface area contributed by atoms with Gasteiger partial charge in [-0.15, -0.1) is 11.3 Å². The fourth-order valence-corrected chi connectivity index (χ4v) is 3.89. The average Bonchev–Trinajstić information content (AvgIpc) is 3.22. The van der Waals surface area contributed by atoms with Crippen LogP contribution in [0, 0.1) is 12.3 Å². The van der Waals surface area contributed by atoms with E-state index in [1.165, 1.54) is 0 Å². The first-order valence-electron chi connectivity index (χ1n) is 7.46. The van der Waals surface area contributed by atoms with Crippen LogP contribution in [0.4, 0.5) is 0 Å². The van der Waals surface area contributed by atoms with Gasteiger partial charge in [0, 0.05) is 16.5 Å². The molecule has 0 amide bonds. The van der Waals surface area contributed by atoms with Crippen molar-refractivity contribution < 1.29 is 5.11 Å². The number of hydrogen-bond donors (Lipinski definition) is 2. The van der Waals surface area contributed by atoms with Crippen LogP contribution in [-0.4, -0.2) is 33.4 Å². The van der Waals surface area contributed by atoms with Crippen LogP contribution in [0.3, 0.4) is 0 Å². The van der Waals surface area contributed by atoms with Gasteiger partial charge in [0.1, 0.15) is 16.6 Å². The lowest BCUT2D eigenvalue weighted by Gasteiger charge is -2.16. The first-order chi connectivity index (χ1) is 10.6. The predicted molar refractivity (Wildman–Crippen MR) is 89.3 cm³/mol. The predicted octanol–water partition coefficient (Wildman–Crippen LogP) is 3.84. The second-order valence-electron chi connectivity index (χ2n) is 5.82. The third kappa shape index (κ3) is 2.13. The molecule has 0 radical (unpaired) electrons. The number of benzene rings is 1. The van der Waals surface area contributed by atoms with Crippen molar-refractivity contribution in [1.29, 1.82) is 5.41 Å². The molecule has 22 heavy (non-hydrogen) atoms. The molecule has 112 valence electrons. The molecule has 1 aromatic carbocycles. The molecule has 5 heteroatoms. The summed E-state index contributed by atoms with van der Waals surface area (Å²) in [6.45, 7) is 2.50. The highest BCUT2D eigenvalue weighted by Crippen LogP contribution is 2.38. The molecule has 4 nitrogen and oxygen atoms in total. The molecule has 2 aromatic rings. The number of thiazole rings is 1. The first-order valence-corrected chi connectivity index (χ1v) is 8.27. The van der Waals surface area contributed by atoms with Gasteiger partial charge < -0.3 is 10.0 Å². The molecule has 2 heterocycles. The van der Waals surface area contributed by atoms with E-state index in [1.807, 2.05) is 42.2 Å². The fraction of sp³-hybridized carbons (Fsp3) is 0.294. The minimum atomic E-state index is 0.283. The molecule has 0 saturated heterocycles. The minimum Gasteiger partial charge on any atom is -0.510 e. The highest BCUT2D eigenvalue weighted by atomic mass is 32.1. The third-order valence-corrected chi connectivity index (χ3v) is 5.17. The van der Waals surface area contributed by atoms with E-state index in [2.05, 4.69) is 0 Å². The highest BCUT2D eigenvalue weighted by molar-refractivity contribution is 7.13. The van der Waals surface area contributed by atoms with Crippen molar-refractivity contribution in [2.24, 2.45) is 0 Å². The molecule has 2 aliphatic rings. The van der Waals surface area contributed by atoms with Gasteiger partial charge in [-0.3, -0.25) is 5.41 Å². The van der Waals surface area contributed by atoms with Crippen LogP contribution >= 0.6 is 11.3 Å². The zero-order chi connectivity index (χ0) is 15.3. The number of aliphatic hydroxyl groups is 1.